The van der Waals surface area contributed by atoms with Crippen LogP contribution >= 0.6 is 0 Å². The van der Waals surface area contributed by atoms with E-state index in [1.165, 1.54) is 0 Å². The van der Waals surface area contributed by atoms with Crippen LogP contribution in [0.25, 0.3) is 0 Å². The zero-order valence-electron chi connectivity index (χ0n) is 13.2. The van der Waals surface area contributed by atoms with Crippen LogP contribution in [0.3, 0.4) is 0 Å². The third-order valence-electron chi connectivity index (χ3n) is 3.93. The smallest absolute Gasteiger partial charge is 0.264 e. The molecule has 6 nitrogen and oxygen atoms in total. The number of fused-ring (bicyclic) bond motifs is 1. The summed E-state index contributed by atoms with van der Waals surface area (Å²) in [6.45, 7) is 2.91. The number of aryl methyl sites for hydroxylation is 1. The SMILES string of the molecule is CCN(Cc1cnn(C)c1)C(=O)C1CC(=O)c2ccccc2O1. The molecule has 0 radical (unpaired) electrons. The number of aromatic nitrogens is 2. The lowest BCUT2D eigenvalue weighted by Crippen LogP contribution is -2.44. The molecule has 1 unspecified atom stereocenters. The summed E-state index contributed by atoms with van der Waals surface area (Å²) in [6, 6.07) is 7.05. The molecule has 1 aliphatic rings. The van der Waals surface area contributed by atoms with E-state index in [-0.39, 0.29) is 18.1 Å². The topological polar surface area (TPSA) is 64.4 Å². The molecule has 0 saturated carbocycles. The molecular weight excluding hydrogens is 294 g/mol. The van der Waals surface area contributed by atoms with Gasteiger partial charge in [0.05, 0.1) is 18.2 Å². The van der Waals surface area contributed by atoms with Gasteiger partial charge < -0.3 is 9.64 Å². The van der Waals surface area contributed by atoms with Crippen LogP contribution in [0.5, 0.6) is 5.75 Å². The monoisotopic (exact) mass is 313 g/mol. The summed E-state index contributed by atoms with van der Waals surface area (Å²) >= 11 is 0. The van der Waals surface area contributed by atoms with Gasteiger partial charge in [0.2, 0.25) is 0 Å². The molecule has 120 valence electrons. The van der Waals surface area contributed by atoms with E-state index in [1.807, 2.05) is 20.2 Å². The van der Waals surface area contributed by atoms with Gasteiger partial charge in [0.15, 0.2) is 11.9 Å². The van der Waals surface area contributed by atoms with Crippen LogP contribution in [0.15, 0.2) is 36.7 Å². The van der Waals surface area contributed by atoms with Crippen molar-refractivity contribution in [3.63, 3.8) is 0 Å². The maximum Gasteiger partial charge on any atom is 0.264 e. The molecule has 1 aliphatic heterocycles. The molecule has 0 N–H and O–H groups in total. The Hall–Kier alpha value is -2.63. The lowest BCUT2D eigenvalue weighted by molar-refractivity contribution is -0.139. The fourth-order valence-electron chi connectivity index (χ4n) is 2.73. The number of ketones is 1. The van der Waals surface area contributed by atoms with Crippen LogP contribution in [-0.2, 0) is 18.4 Å². The van der Waals surface area contributed by atoms with Gasteiger partial charge in [-0.25, -0.2) is 0 Å². The van der Waals surface area contributed by atoms with Gasteiger partial charge >= 0.3 is 0 Å². The highest BCUT2D eigenvalue weighted by Gasteiger charge is 2.33. The van der Waals surface area contributed by atoms with Gasteiger partial charge in [0, 0.05) is 31.9 Å². The third-order valence-corrected chi connectivity index (χ3v) is 3.93. The van der Waals surface area contributed by atoms with Crippen molar-refractivity contribution in [3.05, 3.63) is 47.8 Å². The Labute approximate surface area is 134 Å². The van der Waals surface area contributed by atoms with Crippen molar-refractivity contribution in [1.82, 2.24) is 14.7 Å². The number of benzene rings is 1. The average Bonchev–Trinajstić information content (AvgIpc) is 2.97. The highest BCUT2D eigenvalue weighted by molar-refractivity contribution is 6.03. The van der Waals surface area contributed by atoms with Crippen LogP contribution < -0.4 is 4.74 Å². The molecule has 1 aromatic carbocycles. The number of rotatable bonds is 4. The Bertz CT molecular complexity index is 738. The van der Waals surface area contributed by atoms with Gasteiger partial charge in [-0.15, -0.1) is 0 Å². The molecule has 6 heteroatoms. The maximum atomic E-state index is 12.7. The minimum atomic E-state index is -0.756. The van der Waals surface area contributed by atoms with Gasteiger partial charge in [-0.3, -0.25) is 14.3 Å². The van der Waals surface area contributed by atoms with Gasteiger partial charge in [0.1, 0.15) is 5.75 Å². The van der Waals surface area contributed by atoms with Gasteiger partial charge in [0.25, 0.3) is 5.91 Å². The standard InChI is InChI=1S/C17H19N3O3/c1-3-20(11-12-9-18-19(2)10-12)17(22)16-8-14(21)13-6-4-5-7-15(13)23-16/h4-7,9-10,16H,3,8,11H2,1-2H3. The summed E-state index contributed by atoms with van der Waals surface area (Å²) in [4.78, 5) is 26.6. The van der Waals surface area contributed by atoms with E-state index >= 15 is 0 Å². The second kappa shape index (κ2) is 6.24. The summed E-state index contributed by atoms with van der Waals surface area (Å²) < 4.78 is 7.46. The lowest BCUT2D eigenvalue weighted by atomic mass is 10.00. The van der Waals surface area contributed by atoms with Crippen LogP contribution in [0.4, 0.5) is 0 Å². The minimum absolute atomic E-state index is 0.0531. The van der Waals surface area contributed by atoms with E-state index in [1.54, 1.807) is 40.0 Å². The first kappa shape index (κ1) is 15.3. The summed E-state index contributed by atoms with van der Waals surface area (Å²) in [7, 11) is 1.83. The molecule has 0 saturated heterocycles. The zero-order chi connectivity index (χ0) is 16.4. The van der Waals surface area contributed by atoms with Crippen molar-refractivity contribution in [2.45, 2.75) is 26.0 Å². The molecule has 1 amide bonds. The second-order valence-electron chi connectivity index (χ2n) is 5.60. The number of hydrogen-bond acceptors (Lipinski definition) is 4. The molecule has 0 aliphatic carbocycles. The fourth-order valence-corrected chi connectivity index (χ4v) is 2.73. The van der Waals surface area contributed by atoms with E-state index in [0.717, 1.165) is 5.56 Å². The second-order valence-corrected chi connectivity index (χ2v) is 5.60. The summed E-state index contributed by atoms with van der Waals surface area (Å²) in [5, 5.41) is 4.11. The highest BCUT2D eigenvalue weighted by Crippen LogP contribution is 2.28. The molecule has 0 spiro atoms. The van der Waals surface area contributed by atoms with Crippen LogP contribution in [-0.4, -0.2) is 39.0 Å². The van der Waals surface area contributed by atoms with Crippen molar-refractivity contribution < 1.29 is 14.3 Å². The maximum absolute atomic E-state index is 12.7. The van der Waals surface area contributed by atoms with Crippen LogP contribution in [0.2, 0.25) is 0 Å². The number of carbonyl (C=O) groups is 2. The molecule has 23 heavy (non-hydrogen) atoms. The van der Waals surface area contributed by atoms with Crippen molar-refractivity contribution in [2.75, 3.05) is 6.54 Å². The summed E-state index contributed by atoms with van der Waals surface area (Å²) in [6.07, 6.45) is 2.93. The van der Waals surface area contributed by atoms with E-state index in [4.69, 9.17) is 4.74 Å². The molecular formula is C17H19N3O3. The van der Waals surface area contributed by atoms with Gasteiger partial charge in [-0.05, 0) is 19.1 Å². The first-order valence-electron chi connectivity index (χ1n) is 7.63. The molecule has 1 aromatic heterocycles. The molecule has 1 atom stereocenters. The zero-order valence-corrected chi connectivity index (χ0v) is 13.2. The highest BCUT2D eigenvalue weighted by atomic mass is 16.5. The van der Waals surface area contributed by atoms with Crippen molar-refractivity contribution in [2.24, 2.45) is 7.05 Å². The number of hydrogen-bond donors (Lipinski definition) is 0. The molecule has 2 aromatic rings. The van der Waals surface area contributed by atoms with Crippen molar-refractivity contribution in [3.8, 4) is 5.75 Å². The Morgan fingerprint density at radius 3 is 2.91 bits per heavy atom. The number of Topliss-reactive ketones (excluding diaryl/α,β-unsaturated/α-hetero) is 1. The number of ether oxygens (including phenoxy) is 1. The molecule has 2 heterocycles. The Morgan fingerprint density at radius 2 is 2.22 bits per heavy atom. The number of amides is 1. The molecule has 0 fully saturated rings. The predicted octanol–water partition coefficient (Wildman–Crippen LogP) is 1.80. The largest absolute Gasteiger partial charge is 0.479 e. The van der Waals surface area contributed by atoms with Crippen LogP contribution in [0, 0.1) is 0 Å². The number of carbonyl (C=O) groups excluding carboxylic acids is 2. The first-order chi connectivity index (χ1) is 11.1. The normalized spacial score (nSPS) is 16.6. The Balaban J connectivity index is 1.75. The first-order valence-corrected chi connectivity index (χ1v) is 7.63. The summed E-state index contributed by atoms with van der Waals surface area (Å²) in [5.74, 6) is 0.265. The average molecular weight is 313 g/mol. The molecule has 0 bridgehead atoms. The summed E-state index contributed by atoms with van der Waals surface area (Å²) in [5.41, 5.74) is 1.50. The van der Waals surface area contributed by atoms with E-state index in [0.29, 0.717) is 24.4 Å². The minimum Gasteiger partial charge on any atom is -0.479 e. The third kappa shape index (κ3) is 3.11. The molecule has 3 rings (SSSR count). The number of likely N-dealkylation sites (N-methyl/N-ethyl adjacent to an activating group) is 1. The Morgan fingerprint density at radius 1 is 1.43 bits per heavy atom. The van der Waals surface area contributed by atoms with Gasteiger partial charge in [-0.2, -0.15) is 5.10 Å². The number of nitrogens with zero attached hydrogens (tertiary/aromatic N) is 3. The van der Waals surface area contributed by atoms with Crippen molar-refractivity contribution in [1.29, 1.82) is 0 Å². The Kier molecular flexibility index (Phi) is 4.14. The van der Waals surface area contributed by atoms with E-state index in [9.17, 15) is 9.59 Å². The predicted molar refractivity (Wildman–Crippen MR) is 84.1 cm³/mol. The van der Waals surface area contributed by atoms with E-state index in [2.05, 4.69) is 5.10 Å². The van der Waals surface area contributed by atoms with Gasteiger partial charge in [-0.1, -0.05) is 12.1 Å². The van der Waals surface area contributed by atoms with Crippen molar-refractivity contribution >= 4 is 11.7 Å². The fraction of sp³-hybridized carbons (Fsp3) is 0.353. The van der Waals surface area contributed by atoms with Crippen LogP contribution in [0.1, 0.15) is 29.3 Å². The lowest BCUT2D eigenvalue weighted by Gasteiger charge is -2.29. The quantitative estimate of drug-likeness (QED) is 0.863. The van der Waals surface area contributed by atoms with E-state index < -0.39 is 6.10 Å². The number of para-hydroxylation sites is 1.